The fourth-order valence-electron chi connectivity index (χ4n) is 3.93. The SMILES string of the molecule is Cc1cc2c(cc1C)OC1(C=C2)CCN(C[C@@H](O)c2ccccc2)CC1. The van der Waals surface area contributed by atoms with E-state index in [2.05, 4.69) is 43.0 Å². The van der Waals surface area contributed by atoms with Crippen molar-refractivity contribution in [1.82, 2.24) is 4.90 Å². The summed E-state index contributed by atoms with van der Waals surface area (Å²) in [6, 6.07) is 14.3. The fraction of sp³-hybridized carbons (Fsp3) is 0.391. The zero-order valence-electron chi connectivity index (χ0n) is 15.6. The van der Waals surface area contributed by atoms with Crippen LogP contribution in [0.4, 0.5) is 0 Å². The maximum absolute atomic E-state index is 10.5. The molecule has 0 aromatic heterocycles. The summed E-state index contributed by atoms with van der Waals surface area (Å²) in [7, 11) is 0. The van der Waals surface area contributed by atoms with Crippen LogP contribution in [0.5, 0.6) is 5.75 Å². The van der Waals surface area contributed by atoms with Crippen LogP contribution in [0.1, 0.15) is 41.2 Å². The van der Waals surface area contributed by atoms with E-state index in [9.17, 15) is 5.11 Å². The lowest BCUT2D eigenvalue weighted by Gasteiger charge is -2.42. The number of aryl methyl sites for hydroxylation is 2. The van der Waals surface area contributed by atoms with Gasteiger partial charge in [0.05, 0.1) is 6.10 Å². The second kappa shape index (κ2) is 6.90. The summed E-state index contributed by atoms with van der Waals surface area (Å²) in [5.74, 6) is 1.01. The minimum absolute atomic E-state index is 0.192. The molecule has 3 nitrogen and oxygen atoms in total. The van der Waals surface area contributed by atoms with Gasteiger partial charge in [0.1, 0.15) is 11.4 Å². The molecule has 4 rings (SSSR count). The molecule has 2 aliphatic heterocycles. The third kappa shape index (κ3) is 3.42. The normalized spacial score (nSPS) is 19.8. The molecule has 1 fully saturated rings. The summed E-state index contributed by atoms with van der Waals surface area (Å²) in [5, 5.41) is 10.5. The number of benzene rings is 2. The van der Waals surface area contributed by atoms with Gasteiger partial charge in [0.15, 0.2) is 0 Å². The summed E-state index contributed by atoms with van der Waals surface area (Å²) < 4.78 is 6.46. The van der Waals surface area contributed by atoms with Crippen molar-refractivity contribution in [3.8, 4) is 5.75 Å². The summed E-state index contributed by atoms with van der Waals surface area (Å²) in [5.41, 5.74) is 4.56. The van der Waals surface area contributed by atoms with Gasteiger partial charge in [0, 0.05) is 38.0 Å². The first-order valence-electron chi connectivity index (χ1n) is 9.50. The second-order valence-corrected chi connectivity index (χ2v) is 7.70. The Morgan fingerprint density at radius 2 is 1.77 bits per heavy atom. The molecule has 1 spiro atoms. The van der Waals surface area contributed by atoms with Gasteiger partial charge in [-0.25, -0.2) is 0 Å². The van der Waals surface area contributed by atoms with Crippen LogP contribution < -0.4 is 4.74 Å². The van der Waals surface area contributed by atoms with E-state index >= 15 is 0 Å². The standard InChI is InChI=1S/C23H27NO2/c1-17-14-20-8-9-23(26-22(20)15-18(17)2)10-12-24(13-11-23)16-21(25)19-6-4-3-5-7-19/h3-9,14-15,21,25H,10-13,16H2,1-2H3/t21-/m1/s1. The average molecular weight is 349 g/mol. The predicted molar refractivity (Wildman–Crippen MR) is 105 cm³/mol. The number of ether oxygens (including phenoxy) is 1. The lowest BCUT2D eigenvalue weighted by molar-refractivity contribution is 0.0201. The van der Waals surface area contributed by atoms with Crippen molar-refractivity contribution in [2.75, 3.05) is 19.6 Å². The highest BCUT2D eigenvalue weighted by atomic mass is 16.5. The van der Waals surface area contributed by atoms with E-state index in [1.807, 2.05) is 30.3 Å². The van der Waals surface area contributed by atoms with E-state index in [0.29, 0.717) is 6.54 Å². The van der Waals surface area contributed by atoms with Crippen LogP contribution in [0.3, 0.4) is 0 Å². The van der Waals surface area contributed by atoms with Gasteiger partial charge in [-0.1, -0.05) is 36.4 Å². The molecule has 2 aromatic rings. The number of piperidine rings is 1. The molecule has 0 aliphatic carbocycles. The molecule has 3 heteroatoms. The summed E-state index contributed by atoms with van der Waals surface area (Å²) in [4.78, 5) is 2.34. The Balaban J connectivity index is 1.40. The number of likely N-dealkylation sites (tertiary alicyclic amines) is 1. The highest BCUT2D eigenvalue weighted by molar-refractivity contribution is 5.63. The Labute approximate surface area is 155 Å². The van der Waals surface area contributed by atoms with Gasteiger partial charge >= 0.3 is 0 Å². The molecule has 1 N–H and O–H groups in total. The molecule has 1 saturated heterocycles. The zero-order chi connectivity index (χ0) is 18.1. The van der Waals surface area contributed by atoms with E-state index in [1.165, 1.54) is 16.7 Å². The van der Waals surface area contributed by atoms with Crippen LogP contribution in [0.25, 0.3) is 6.08 Å². The Morgan fingerprint density at radius 1 is 1.08 bits per heavy atom. The Morgan fingerprint density at radius 3 is 2.50 bits per heavy atom. The third-order valence-corrected chi connectivity index (χ3v) is 5.82. The highest BCUT2D eigenvalue weighted by Crippen LogP contribution is 2.38. The Kier molecular flexibility index (Phi) is 4.60. The largest absolute Gasteiger partial charge is 0.482 e. The van der Waals surface area contributed by atoms with Gasteiger partial charge in [-0.15, -0.1) is 0 Å². The summed E-state index contributed by atoms with van der Waals surface area (Å²) in [6.07, 6.45) is 5.95. The van der Waals surface area contributed by atoms with Crippen LogP contribution in [0.2, 0.25) is 0 Å². The van der Waals surface area contributed by atoms with Crippen LogP contribution in [-0.4, -0.2) is 35.2 Å². The minimum Gasteiger partial charge on any atom is -0.482 e. The van der Waals surface area contributed by atoms with Crippen LogP contribution >= 0.6 is 0 Å². The van der Waals surface area contributed by atoms with Crippen LogP contribution in [0.15, 0.2) is 48.5 Å². The summed E-state index contributed by atoms with van der Waals surface area (Å²) >= 11 is 0. The van der Waals surface area contributed by atoms with E-state index in [4.69, 9.17) is 4.74 Å². The molecule has 2 aromatic carbocycles. The first-order valence-corrected chi connectivity index (χ1v) is 9.50. The number of aliphatic hydroxyl groups is 1. The molecule has 136 valence electrons. The predicted octanol–water partition coefficient (Wildman–Crippen LogP) is 4.28. The van der Waals surface area contributed by atoms with Crippen molar-refractivity contribution in [2.24, 2.45) is 0 Å². The molecule has 0 unspecified atom stereocenters. The van der Waals surface area contributed by atoms with Crippen molar-refractivity contribution in [3.63, 3.8) is 0 Å². The number of hydrogen-bond donors (Lipinski definition) is 1. The monoisotopic (exact) mass is 349 g/mol. The van der Waals surface area contributed by atoms with E-state index in [1.54, 1.807) is 0 Å². The van der Waals surface area contributed by atoms with Crippen molar-refractivity contribution in [3.05, 3.63) is 70.8 Å². The van der Waals surface area contributed by atoms with Gasteiger partial charge in [-0.05, 0) is 48.7 Å². The molecule has 1 atom stereocenters. The molecular formula is C23H27NO2. The topological polar surface area (TPSA) is 32.7 Å². The second-order valence-electron chi connectivity index (χ2n) is 7.70. The molecule has 2 aliphatic rings. The van der Waals surface area contributed by atoms with Crippen LogP contribution in [0, 0.1) is 13.8 Å². The van der Waals surface area contributed by atoms with Crippen molar-refractivity contribution in [2.45, 2.75) is 38.4 Å². The number of hydrogen-bond acceptors (Lipinski definition) is 3. The molecule has 0 radical (unpaired) electrons. The third-order valence-electron chi connectivity index (χ3n) is 5.82. The van der Waals surface area contributed by atoms with Crippen LogP contribution in [-0.2, 0) is 0 Å². The Bertz CT molecular complexity index is 804. The average Bonchev–Trinajstić information content (AvgIpc) is 2.66. The lowest BCUT2D eigenvalue weighted by atomic mass is 9.87. The zero-order valence-corrected chi connectivity index (χ0v) is 15.6. The molecule has 0 bridgehead atoms. The minimum atomic E-state index is -0.431. The number of fused-ring (bicyclic) bond motifs is 1. The van der Waals surface area contributed by atoms with Crippen molar-refractivity contribution >= 4 is 6.08 Å². The number of nitrogens with zero attached hydrogens (tertiary/aromatic N) is 1. The number of rotatable bonds is 3. The van der Waals surface area contributed by atoms with Gasteiger partial charge in [0.2, 0.25) is 0 Å². The van der Waals surface area contributed by atoms with Crippen molar-refractivity contribution in [1.29, 1.82) is 0 Å². The molecule has 26 heavy (non-hydrogen) atoms. The van der Waals surface area contributed by atoms with E-state index in [-0.39, 0.29) is 5.60 Å². The highest BCUT2D eigenvalue weighted by Gasteiger charge is 2.37. The quantitative estimate of drug-likeness (QED) is 0.898. The number of aliphatic hydroxyl groups excluding tert-OH is 1. The smallest absolute Gasteiger partial charge is 0.130 e. The van der Waals surface area contributed by atoms with Gasteiger partial charge < -0.3 is 14.7 Å². The fourth-order valence-corrected chi connectivity index (χ4v) is 3.93. The molecule has 2 heterocycles. The lowest BCUT2D eigenvalue weighted by Crippen LogP contribution is -2.48. The van der Waals surface area contributed by atoms with E-state index in [0.717, 1.165) is 37.2 Å². The maximum atomic E-state index is 10.5. The summed E-state index contributed by atoms with van der Waals surface area (Å²) in [6.45, 7) is 6.84. The first-order chi connectivity index (χ1) is 12.5. The first kappa shape index (κ1) is 17.3. The van der Waals surface area contributed by atoms with Crippen molar-refractivity contribution < 1.29 is 9.84 Å². The van der Waals surface area contributed by atoms with Gasteiger partial charge in [0.25, 0.3) is 0 Å². The van der Waals surface area contributed by atoms with Gasteiger partial charge in [-0.2, -0.15) is 0 Å². The van der Waals surface area contributed by atoms with Gasteiger partial charge in [-0.3, -0.25) is 0 Å². The molecular weight excluding hydrogens is 322 g/mol. The maximum Gasteiger partial charge on any atom is 0.130 e. The number of β-amino-alcohol motifs (C(OH)–C–C–N with tert-alkyl or cyclic N) is 1. The Hall–Kier alpha value is -2.10. The molecule has 0 saturated carbocycles. The molecule has 0 amide bonds. The van der Waals surface area contributed by atoms with E-state index < -0.39 is 6.10 Å².